The topological polar surface area (TPSA) is 66.8 Å². The average Bonchev–Trinajstić information content (AvgIpc) is 2.71. The lowest BCUT2D eigenvalue weighted by molar-refractivity contribution is -0.117. The standard InChI is InChI=1S/C11H18N2O3S2/c1-3-4-5-10(14)12-11-13(2)8-6-18(15,16)7-9(8)17-11/h8-9H,3-7H2,1-2H3/t8-,9+/m0/s1. The molecule has 5 nitrogen and oxygen atoms in total. The molecular weight excluding hydrogens is 272 g/mol. The van der Waals surface area contributed by atoms with Crippen LogP contribution in [0.5, 0.6) is 0 Å². The molecule has 18 heavy (non-hydrogen) atoms. The maximum absolute atomic E-state index is 11.6. The molecule has 0 aromatic carbocycles. The summed E-state index contributed by atoms with van der Waals surface area (Å²) in [6.45, 7) is 2.03. The summed E-state index contributed by atoms with van der Waals surface area (Å²) in [7, 11) is -1.08. The molecule has 2 aliphatic heterocycles. The minimum Gasteiger partial charge on any atom is -0.349 e. The van der Waals surface area contributed by atoms with Gasteiger partial charge in [-0.1, -0.05) is 25.1 Å². The number of amidine groups is 1. The molecule has 7 heteroatoms. The van der Waals surface area contributed by atoms with Crippen molar-refractivity contribution in [2.24, 2.45) is 4.99 Å². The first-order valence-electron chi connectivity index (χ1n) is 6.14. The Hall–Kier alpha value is -0.560. The molecule has 0 unspecified atom stereocenters. The van der Waals surface area contributed by atoms with Crippen molar-refractivity contribution in [2.75, 3.05) is 18.6 Å². The lowest BCUT2D eigenvalue weighted by atomic mass is 10.2. The van der Waals surface area contributed by atoms with Crippen LogP contribution in [0.2, 0.25) is 0 Å². The van der Waals surface area contributed by atoms with Crippen molar-refractivity contribution in [3.8, 4) is 0 Å². The van der Waals surface area contributed by atoms with Crippen molar-refractivity contribution in [1.29, 1.82) is 0 Å². The van der Waals surface area contributed by atoms with Gasteiger partial charge in [-0.2, -0.15) is 4.99 Å². The number of amides is 1. The molecule has 0 aliphatic carbocycles. The highest BCUT2D eigenvalue weighted by molar-refractivity contribution is 8.15. The van der Waals surface area contributed by atoms with Gasteiger partial charge >= 0.3 is 0 Å². The third-order valence-corrected chi connectivity index (χ3v) is 6.59. The van der Waals surface area contributed by atoms with Crippen molar-refractivity contribution < 1.29 is 13.2 Å². The van der Waals surface area contributed by atoms with E-state index >= 15 is 0 Å². The quantitative estimate of drug-likeness (QED) is 0.772. The predicted molar refractivity (Wildman–Crippen MR) is 73.6 cm³/mol. The van der Waals surface area contributed by atoms with Crippen molar-refractivity contribution in [2.45, 2.75) is 37.5 Å². The maximum atomic E-state index is 11.6. The molecule has 2 fully saturated rings. The number of unbranched alkanes of at least 4 members (excludes halogenated alkanes) is 1. The van der Waals surface area contributed by atoms with E-state index in [4.69, 9.17) is 0 Å². The Kier molecular flexibility index (Phi) is 4.01. The van der Waals surface area contributed by atoms with Crippen LogP contribution in [0.25, 0.3) is 0 Å². The first-order valence-corrected chi connectivity index (χ1v) is 8.84. The highest BCUT2D eigenvalue weighted by Gasteiger charge is 2.47. The Morgan fingerprint density at radius 1 is 1.50 bits per heavy atom. The Balaban J connectivity index is 2.03. The zero-order valence-electron chi connectivity index (χ0n) is 10.6. The molecule has 0 spiro atoms. The second-order valence-corrected chi connectivity index (χ2v) is 8.16. The number of hydrogen-bond donors (Lipinski definition) is 0. The van der Waals surface area contributed by atoms with Crippen LogP contribution in [0, 0.1) is 0 Å². The molecule has 0 bridgehead atoms. The fraction of sp³-hybridized carbons (Fsp3) is 0.818. The van der Waals surface area contributed by atoms with Gasteiger partial charge in [0.1, 0.15) is 0 Å². The number of aliphatic imine (C=N–C) groups is 1. The van der Waals surface area contributed by atoms with Crippen molar-refractivity contribution in [1.82, 2.24) is 4.90 Å². The van der Waals surface area contributed by atoms with E-state index in [0.29, 0.717) is 11.6 Å². The minimum absolute atomic E-state index is 0.0160. The molecule has 2 aliphatic rings. The number of hydrogen-bond acceptors (Lipinski definition) is 4. The monoisotopic (exact) mass is 290 g/mol. The normalized spacial score (nSPS) is 31.9. The molecule has 0 saturated carbocycles. The molecule has 2 atom stereocenters. The number of rotatable bonds is 3. The summed E-state index contributed by atoms with van der Waals surface area (Å²) >= 11 is 1.43. The van der Waals surface area contributed by atoms with E-state index in [-0.39, 0.29) is 28.7 Å². The highest BCUT2D eigenvalue weighted by atomic mass is 32.2. The van der Waals surface area contributed by atoms with E-state index in [1.165, 1.54) is 11.8 Å². The van der Waals surface area contributed by atoms with Crippen LogP contribution in [-0.2, 0) is 14.6 Å². The SMILES string of the molecule is CCCCC(=O)N=C1S[C@@H]2CS(=O)(=O)C[C@@H]2N1C. The summed E-state index contributed by atoms with van der Waals surface area (Å²) in [5, 5.41) is 0.721. The summed E-state index contributed by atoms with van der Waals surface area (Å²) < 4.78 is 23.0. The first-order chi connectivity index (χ1) is 8.43. The molecule has 1 amide bonds. The Morgan fingerprint density at radius 2 is 2.22 bits per heavy atom. The fourth-order valence-corrected chi connectivity index (χ4v) is 6.24. The van der Waals surface area contributed by atoms with Crippen LogP contribution in [-0.4, -0.2) is 54.2 Å². The second-order valence-electron chi connectivity index (χ2n) is 4.80. The number of nitrogens with zero attached hydrogens (tertiary/aromatic N) is 2. The van der Waals surface area contributed by atoms with Crippen LogP contribution in [0.3, 0.4) is 0 Å². The zero-order valence-corrected chi connectivity index (χ0v) is 12.3. The molecule has 0 aromatic heterocycles. The van der Waals surface area contributed by atoms with Crippen LogP contribution in [0.1, 0.15) is 26.2 Å². The molecule has 2 heterocycles. The molecule has 0 radical (unpaired) electrons. The Morgan fingerprint density at radius 3 is 2.83 bits per heavy atom. The molecule has 0 N–H and O–H groups in total. The van der Waals surface area contributed by atoms with Gasteiger partial charge < -0.3 is 4.90 Å². The molecule has 102 valence electrons. The smallest absolute Gasteiger partial charge is 0.248 e. The lowest BCUT2D eigenvalue weighted by Gasteiger charge is -2.17. The third kappa shape index (κ3) is 2.88. The molecule has 0 aromatic rings. The summed E-state index contributed by atoms with van der Waals surface area (Å²) in [5.41, 5.74) is 0. The van der Waals surface area contributed by atoms with Crippen LogP contribution >= 0.6 is 11.8 Å². The van der Waals surface area contributed by atoms with Crippen molar-refractivity contribution in [3.63, 3.8) is 0 Å². The van der Waals surface area contributed by atoms with Crippen molar-refractivity contribution in [3.05, 3.63) is 0 Å². The number of thioether (sulfide) groups is 1. The van der Waals surface area contributed by atoms with Gasteiger partial charge in [-0.3, -0.25) is 4.79 Å². The van der Waals surface area contributed by atoms with Gasteiger partial charge in [-0.25, -0.2) is 8.42 Å². The summed E-state index contributed by atoms with van der Waals surface area (Å²) in [5.74, 6) is 0.284. The van der Waals surface area contributed by atoms with Gasteiger partial charge in [0.15, 0.2) is 15.0 Å². The van der Waals surface area contributed by atoms with Crippen LogP contribution < -0.4 is 0 Å². The number of carbonyl (C=O) groups is 1. The second kappa shape index (κ2) is 5.21. The van der Waals surface area contributed by atoms with E-state index in [0.717, 1.165) is 12.8 Å². The number of sulfone groups is 1. The minimum atomic E-state index is -2.91. The van der Waals surface area contributed by atoms with E-state index in [1.807, 2.05) is 18.9 Å². The summed E-state index contributed by atoms with van der Waals surface area (Å²) in [6.07, 6.45) is 2.30. The van der Waals surface area contributed by atoms with Crippen LogP contribution in [0.15, 0.2) is 4.99 Å². The zero-order chi connectivity index (χ0) is 13.3. The summed E-state index contributed by atoms with van der Waals surface area (Å²) in [6, 6.07) is -0.0160. The largest absolute Gasteiger partial charge is 0.349 e. The first kappa shape index (κ1) is 13.9. The van der Waals surface area contributed by atoms with Crippen LogP contribution in [0.4, 0.5) is 0 Å². The van der Waals surface area contributed by atoms with Crippen molar-refractivity contribution >= 4 is 32.7 Å². The van der Waals surface area contributed by atoms with Gasteiger partial charge in [-0.05, 0) is 6.42 Å². The summed E-state index contributed by atoms with van der Waals surface area (Å²) in [4.78, 5) is 17.6. The molecule has 2 rings (SSSR count). The van der Waals surface area contributed by atoms with E-state index in [1.54, 1.807) is 0 Å². The van der Waals surface area contributed by atoms with Gasteiger partial charge in [0.2, 0.25) is 5.91 Å². The third-order valence-electron chi connectivity index (χ3n) is 3.29. The predicted octanol–water partition coefficient (Wildman–Crippen LogP) is 0.903. The number of carbonyl (C=O) groups excluding carboxylic acids is 1. The average molecular weight is 290 g/mol. The van der Waals surface area contributed by atoms with E-state index in [9.17, 15) is 13.2 Å². The van der Waals surface area contributed by atoms with Gasteiger partial charge in [0, 0.05) is 18.7 Å². The van der Waals surface area contributed by atoms with Gasteiger partial charge in [0.25, 0.3) is 0 Å². The number of fused-ring (bicyclic) bond motifs is 1. The Labute approximate surface area is 112 Å². The Bertz CT molecular complexity index is 473. The van der Waals surface area contributed by atoms with Gasteiger partial charge in [-0.15, -0.1) is 0 Å². The fourth-order valence-electron chi connectivity index (χ4n) is 2.23. The molecular formula is C11H18N2O3S2. The lowest BCUT2D eigenvalue weighted by Crippen LogP contribution is -2.34. The molecule has 2 saturated heterocycles. The highest BCUT2D eigenvalue weighted by Crippen LogP contribution is 2.36. The van der Waals surface area contributed by atoms with Gasteiger partial charge in [0.05, 0.1) is 17.5 Å². The maximum Gasteiger partial charge on any atom is 0.248 e. The van der Waals surface area contributed by atoms with E-state index in [2.05, 4.69) is 4.99 Å². The van der Waals surface area contributed by atoms with E-state index < -0.39 is 9.84 Å².